The van der Waals surface area contributed by atoms with Crippen LogP contribution in [0.4, 0.5) is 0 Å². The predicted octanol–water partition coefficient (Wildman–Crippen LogP) is 2.12. The molecule has 172 valence electrons. The number of sulfonamides is 1. The summed E-state index contributed by atoms with van der Waals surface area (Å²) in [6.07, 6.45) is 5.05. The van der Waals surface area contributed by atoms with E-state index < -0.39 is 10.0 Å². The lowest BCUT2D eigenvalue weighted by atomic mass is 9.99. The van der Waals surface area contributed by atoms with E-state index in [1.165, 1.54) is 0 Å². The van der Waals surface area contributed by atoms with E-state index in [1.54, 1.807) is 0 Å². The third-order valence-corrected chi connectivity index (χ3v) is 6.53. The van der Waals surface area contributed by atoms with Gasteiger partial charge in [0.2, 0.25) is 10.0 Å². The lowest BCUT2D eigenvalue weighted by Crippen LogP contribution is -2.42. The van der Waals surface area contributed by atoms with Gasteiger partial charge in [-0.05, 0) is 39.0 Å². The van der Waals surface area contributed by atoms with E-state index in [4.69, 9.17) is 9.26 Å². The molecule has 1 aliphatic rings. The van der Waals surface area contributed by atoms with Gasteiger partial charge in [0.25, 0.3) is 0 Å². The molecular weight excluding hydrogens is 406 g/mol. The number of guanidine groups is 1. The van der Waals surface area contributed by atoms with Gasteiger partial charge in [-0.3, -0.25) is 0 Å². The molecule has 30 heavy (non-hydrogen) atoms. The Bertz CT molecular complexity index is 740. The Morgan fingerprint density at radius 1 is 1.27 bits per heavy atom. The van der Waals surface area contributed by atoms with Crippen molar-refractivity contribution in [3.05, 3.63) is 17.5 Å². The monoisotopic (exact) mass is 443 g/mol. The van der Waals surface area contributed by atoms with E-state index in [2.05, 4.69) is 39.4 Å². The maximum Gasteiger partial charge on any atom is 0.213 e. The molecule has 1 atom stereocenters. The van der Waals surface area contributed by atoms with E-state index in [-0.39, 0.29) is 18.4 Å². The topological polar surface area (TPSA) is 118 Å². The fourth-order valence-electron chi connectivity index (χ4n) is 3.37. The zero-order valence-electron chi connectivity index (χ0n) is 18.4. The number of nitrogens with zero attached hydrogens (tertiary/aromatic N) is 2. The van der Waals surface area contributed by atoms with E-state index >= 15 is 0 Å². The van der Waals surface area contributed by atoms with Crippen molar-refractivity contribution >= 4 is 16.0 Å². The largest absolute Gasteiger partial charge is 0.377 e. The van der Waals surface area contributed by atoms with Crippen LogP contribution in [0.1, 0.15) is 70.2 Å². The molecule has 0 spiro atoms. The summed E-state index contributed by atoms with van der Waals surface area (Å²) in [7, 11) is -3.37. The maximum atomic E-state index is 12.2. The second-order valence-electron chi connectivity index (χ2n) is 7.51. The molecule has 1 aromatic rings. The summed E-state index contributed by atoms with van der Waals surface area (Å²) in [5, 5.41) is 10.3. The molecule has 10 heteroatoms. The van der Waals surface area contributed by atoms with E-state index in [0.717, 1.165) is 37.8 Å². The number of aromatic nitrogens is 1. The smallest absolute Gasteiger partial charge is 0.213 e. The summed E-state index contributed by atoms with van der Waals surface area (Å²) in [4.78, 5) is 4.47. The molecule has 1 saturated heterocycles. The SMILES string of the molecule is CCNC(=NCc1cc(C(CC)CC)no1)NCCS(=O)(=O)NCC1CCCCO1. The Labute approximate surface area is 180 Å². The van der Waals surface area contributed by atoms with Gasteiger partial charge in [-0.25, -0.2) is 18.1 Å². The van der Waals surface area contributed by atoms with Gasteiger partial charge < -0.3 is 19.9 Å². The molecule has 0 bridgehead atoms. The molecule has 2 heterocycles. The summed E-state index contributed by atoms with van der Waals surface area (Å²) >= 11 is 0. The van der Waals surface area contributed by atoms with Gasteiger partial charge in [0.05, 0.1) is 17.6 Å². The first-order valence-electron chi connectivity index (χ1n) is 11.0. The molecule has 0 saturated carbocycles. The second kappa shape index (κ2) is 12.9. The molecule has 2 rings (SSSR count). The van der Waals surface area contributed by atoms with Crippen LogP contribution in [0.3, 0.4) is 0 Å². The standard InChI is InChI=1S/C20H37N5O4S/c1-4-16(5-2)19-13-18(29-25-19)14-23-20(21-6-3)22-10-12-30(26,27)24-15-17-9-7-8-11-28-17/h13,16-17,24H,4-12,14-15H2,1-3H3,(H2,21,22,23). The molecule has 0 aliphatic carbocycles. The van der Waals surface area contributed by atoms with Gasteiger partial charge in [0.15, 0.2) is 11.7 Å². The van der Waals surface area contributed by atoms with E-state index in [1.807, 2.05) is 13.0 Å². The van der Waals surface area contributed by atoms with Gasteiger partial charge >= 0.3 is 0 Å². The van der Waals surface area contributed by atoms with Crippen LogP contribution in [-0.2, 0) is 21.3 Å². The highest BCUT2D eigenvalue weighted by Crippen LogP contribution is 2.22. The highest BCUT2D eigenvalue weighted by Gasteiger charge is 2.18. The van der Waals surface area contributed by atoms with Crippen LogP contribution in [0.15, 0.2) is 15.6 Å². The zero-order valence-corrected chi connectivity index (χ0v) is 19.3. The minimum atomic E-state index is -3.37. The van der Waals surface area contributed by atoms with Crippen LogP contribution in [0.5, 0.6) is 0 Å². The van der Waals surface area contributed by atoms with Gasteiger partial charge in [0.1, 0.15) is 6.54 Å². The van der Waals surface area contributed by atoms with Crippen molar-refractivity contribution in [2.45, 2.75) is 71.4 Å². The van der Waals surface area contributed by atoms with Crippen molar-refractivity contribution in [2.75, 3.05) is 32.0 Å². The number of hydrogen-bond acceptors (Lipinski definition) is 6. The average Bonchev–Trinajstić information content (AvgIpc) is 3.21. The number of hydrogen-bond donors (Lipinski definition) is 3. The van der Waals surface area contributed by atoms with Crippen molar-refractivity contribution in [3.8, 4) is 0 Å². The average molecular weight is 444 g/mol. The molecule has 1 fully saturated rings. The first-order chi connectivity index (χ1) is 14.5. The molecule has 0 radical (unpaired) electrons. The Kier molecular flexibility index (Phi) is 10.6. The van der Waals surface area contributed by atoms with Crippen molar-refractivity contribution in [1.29, 1.82) is 0 Å². The zero-order chi connectivity index (χ0) is 21.8. The highest BCUT2D eigenvalue weighted by molar-refractivity contribution is 7.89. The van der Waals surface area contributed by atoms with Crippen LogP contribution in [0, 0.1) is 0 Å². The lowest BCUT2D eigenvalue weighted by molar-refractivity contribution is 0.0200. The first kappa shape index (κ1) is 24.6. The van der Waals surface area contributed by atoms with Crippen molar-refractivity contribution < 1.29 is 17.7 Å². The third-order valence-electron chi connectivity index (χ3n) is 5.19. The van der Waals surface area contributed by atoms with Crippen LogP contribution in [-0.4, -0.2) is 57.6 Å². The number of ether oxygens (including phenoxy) is 1. The molecular formula is C20H37N5O4S. The van der Waals surface area contributed by atoms with Gasteiger partial charge in [0, 0.05) is 38.2 Å². The van der Waals surface area contributed by atoms with Crippen LogP contribution in [0.2, 0.25) is 0 Å². The number of rotatable bonds is 12. The van der Waals surface area contributed by atoms with Crippen LogP contribution in [0.25, 0.3) is 0 Å². The predicted molar refractivity (Wildman–Crippen MR) is 118 cm³/mol. The molecule has 3 N–H and O–H groups in total. The summed E-state index contributed by atoms with van der Waals surface area (Å²) in [6.45, 7) is 8.54. The molecule has 0 amide bonds. The Morgan fingerprint density at radius 2 is 2.07 bits per heavy atom. The number of nitrogens with one attached hydrogen (secondary N) is 3. The Balaban J connectivity index is 1.80. The molecule has 1 aliphatic heterocycles. The van der Waals surface area contributed by atoms with Crippen molar-refractivity contribution in [3.63, 3.8) is 0 Å². The van der Waals surface area contributed by atoms with Crippen molar-refractivity contribution in [2.24, 2.45) is 4.99 Å². The summed E-state index contributed by atoms with van der Waals surface area (Å²) < 4.78 is 38.1. The van der Waals surface area contributed by atoms with Crippen LogP contribution >= 0.6 is 0 Å². The third kappa shape index (κ3) is 8.61. The normalized spacial score (nSPS) is 18.0. The Morgan fingerprint density at radius 3 is 2.73 bits per heavy atom. The lowest BCUT2D eigenvalue weighted by Gasteiger charge is -2.22. The minimum Gasteiger partial charge on any atom is -0.377 e. The quantitative estimate of drug-likeness (QED) is 0.334. The van der Waals surface area contributed by atoms with Gasteiger partial charge in [-0.1, -0.05) is 19.0 Å². The first-order valence-corrected chi connectivity index (χ1v) is 12.7. The second-order valence-corrected chi connectivity index (χ2v) is 9.44. The van der Waals surface area contributed by atoms with E-state index in [0.29, 0.717) is 43.9 Å². The molecule has 0 aromatic carbocycles. The van der Waals surface area contributed by atoms with E-state index in [9.17, 15) is 8.42 Å². The number of aliphatic imine (C=N–C) groups is 1. The van der Waals surface area contributed by atoms with Gasteiger partial charge in [-0.2, -0.15) is 0 Å². The molecule has 1 unspecified atom stereocenters. The maximum absolute atomic E-state index is 12.2. The summed E-state index contributed by atoms with van der Waals surface area (Å²) in [6, 6.07) is 1.95. The fraction of sp³-hybridized carbons (Fsp3) is 0.800. The molecule has 1 aromatic heterocycles. The van der Waals surface area contributed by atoms with Crippen molar-refractivity contribution in [1.82, 2.24) is 20.5 Å². The fourth-order valence-corrected chi connectivity index (χ4v) is 4.32. The summed E-state index contributed by atoms with van der Waals surface area (Å²) in [5.74, 6) is 1.60. The summed E-state index contributed by atoms with van der Waals surface area (Å²) in [5.41, 5.74) is 0.960. The van der Waals surface area contributed by atoms with Gasteiger partial charge in [-0.15, -0.1) is 0 Å². The highest BCUT2D eigenvalue weighted by atomic mass is 32.2. The Hall–Kier alpha value is -1.65. The van der Waals surface area contributed by atoms with Crippen LogP contribution < -0.4 is 15.4 Å². The minimum absolute atomic E-state index is 0.0211. The molecule has 9 nitrogen and oxygen atoms in total.